The van der Waals surface area contributed by atoms with Gasteiger partial charge in [-0.1, -0.05) is 36.0 Å². The molecule has 4 aromatic rings. The van der Waals surface area contributed by atoms with Gasteiger partial charge in [0.1, 0.15) is 5.75 Å². The number of imide groups is 1. The number of hydrogen-bond acceptors (Lipinski definition) is 7. The third-order valence-corrected chi connectivity index (χ3v) is 6.75. The van der Waals surface area contributed by atoms with Crippen LogP contribution in [0.15, 0.2) is 76.0 Å². The summed E-state index contributed by atoms with van der Waals surface area (Å²) >= 11 is 2.69. The van der Waals surface area contributed by atoms with Gasteiger partial charge in [0.15, 0.2) is 5.16 Å². The van der Waals surface area contributed by atoms with Crippen molar-refractivity contribution in [3.8, 4) is 11.4 Å². The van der Waals surface area contributed by atoms with Crippen molar-refractivity contribution < 1.29 is 14.3 Å². The van der Waals surface area contributed by atoms with Gasteiger partial charge in [-0.05, 0) is 42.1 Å². The molecule has 0 saturated carbocycles. The van der Waals surface area contributed by atoms with Gasteiger partial charge in [0.2, 0.25) is 5.91 Å². The molecule has 0 aliphatic rings. The Labute approximate surface area is 204 Å². The van der Waals surface area contributed by atoms with Crippen molar-refractivity contribution in [3.05, 3.63) is 81.3 Å². The van der Waals surface area contributed by atoms with Gasteiger partial charge in [-0.15, -0.1) is 11.3 Å². The van der Waals surface area contributed by atoms with Crippen LogP contribution in [0, 0.1) is 0 Å². The van der Waals surface area contributed by atoms with Crippen LogP contribution in [-0.4, -0.2) is 40.9 Å². The number of thioether (sulfide) groups is 1. The molecule has 0 aliphatic carbocycles. The molecule has 2 aromatic heterocycles. The molecule has 10 heteroatoms. The topological polar surface area (TPSA) is 102 Å². The Morgan fingerprint density at radius 2 is 1.97 bits per heavy atom. The largest absolute Gasteiger partial charge is 0.497 e. The zero-order valence-corrected chi connectivity index (χ0v) is 19.9. The molecular weight excluding hydrogens is 472 g/mol. The Hall–Kier alpha value is -3.63. The Bertz CT molecular complexity index is 1370. The molecule has 34 heavy (non-hydrogen) atoms. The molecule has 3 amide bonds. The molecule has 0 fully saturated rings. The molecule has 2 N–H and O–H groups in total. The monoisotopic (exact) mass is 494 g/mol. The molecule has 0 aliphatic heterocycles. The summed E-state index contributed by atoms with van der Waals surface area (Å²) in [5.41, 5.74) is 0.839. The van der Waals surface area contributed by atoms with Crippen LogP contribution in [-0.2, 0) is 11.2 Å². The number of carbonyl (C=O) groups is 2. The average molecular weight is 495 g/mol. The number of thiophene rings is 1. The Morgan fingerprint density at radius 1 is 1.12 bits per heavy atom. The maximum Gasteiger partial charge on any atom is 0.321 e. The number of nitrogens with one attached hydrogen (secondary N) is 2. The summed E-state index contributed by atoms with van der Waals surface area (Å²) in [4.78, 5) is 43.5. The number of nitrogens with zero attached hydrogens (tertiary/aromatic N) is 2. The fraction of sp³-hybridized carbons (Fsp3) is 0.167. The van der Waals surface area contributed by atoms with E-state index in [-0.39, 0.29) is 11.3 Å². The van der Waals surface area contributed by atoms with E-state index >= 15 is 0 Å². The van der Waals surface area contributed by atoms with Gasteiger partial charge < -0.3 is 10.1 Å². The van der Waals surface area contributed by atoms with Crippen LogP contribution in [0.3, 0.4) is 0 Å². The van der Waals surface area contributed by atoms with Crippen molar-refractivity contribution in [2.75, 3.05) is 19.4 Å². The molecular formula is C24H22N4O4S2. The number of ether oxygens (including phenoxy) is 1. The Kier molecular flexibility index (Phi) is 7.61. The molecule has 0 unspecified atom stereocenters. The minimum Gasteiger partial charge on any atom is -0.497 e. The van der Waals surface area contributed by atoms with Crippen molar-refractivity contribution in [2.24, 2.45) is 0 Å². The highest BCUT2D eigenvalue weighted by atomic mass is 32.2. The van der Waals surface area contributed by atoms with Crippen molar-refractivity contribution in [2.45, 2.75) is 11.6 Å². The van der Waals surface area contributed by atoms with E-state index in [2.05, 4.69) is 15.6 Å². The zero-order valence-electron chi connectivity index (χ0n) is 18.3. The number of fused-ring (bicyclic) bond motifs is 1. The van der Waals surface area contributed by atoms with E-state index in [9.17, 15) is 14.4 Å². The van der Waals surface area contributed by atoms with Crippen LogP contribution in [0.1, 0.15) is 4.88 Å². The van der Waals surface area contributed by atoms with Crippen molar-refractivity contribution in [1.29, 1.82) is 0 Å². The van der Waals surface area contributed by atoms with Crippen LogP contribution >= 0.6 is 23.1 Å². The number of rotatable bonds is 8. The van der Waals surface area contributed by atoms with Crippen molar-refractivity contribution in [1.82, 2.24) is 20.2 Å². The molecule has 0 atom stereocenters. The van der Waals surface area contributed by atoms with E-state index in [1.165, 1.54) is 4.57 Å². The molecule has 2 aromatic carbocycles. The standard InChI is InChI=1S/C24H22N4O4S2/c1-32-17-7-4-6-16(14-17)28-22(30)19-9-2-3-10-20(19)26-24(28)34-15-21(29)27-23(31)25-12-11-18-8-5-13-33-18/h2-10,13-14H,11-12,15H2,1H3,(H2,25,27,29,31). The van der Waals surface area contributed by atoms with Crippen LogP contribution in [0.25, 0.3) is 16.6 Å². The summed E-state index contributed by atoms with van der Waals surface area (Å²) in [6, 6.07) is 17.5. The normalized spacial score (nSPS) is 10.7. The third-order valence-electron chi connectivity index (χ3n) is 4.88. The SMILES string of the molecule is COc1cccc(-n2c(SCC(=O)NC(=O)NCCc3cccs3)nc3ccccc3c2=O)c1. The smallest absolute Gasteiger partial charge is 0.321 e. The number of carbonyl (C=O) groups excluding carboxylic acids is 2. The number of para-hydroxylation sites is 1. The zero-order chi connectivity index (χ0) is 23.9. The van der Waals surface area contributed by atoms with E-state index in [4.69, 9.17) is 4.74 Å². The lowest BCUT2D eigenvalue weighted by Gasteiger charge is -2.14. The van der Waals surface area contributed by atoms with E-state index in [0.717, 1.165) is 16.6 Å². The summed E-state index contributed by atoms with van der Waals surface area (Å²) < 4.78 is 6.74. The highest BCUT2D eigenvalue weighted by Crippen LogP contribution is 2.23. The van der Waals surface area contributed by atoms with Crippen LogP contribution in [0.4, 0.5) is 4.79 Å². The molecule has 8 nitrogen and oxygen atoms in total. The fourth-order valence-electron chi connectivity index (χ4n) is 3.28. The average Bonchev–Trinajstić information content (AvgIpc) is 3.36. The van der Waals surface area contributed by atoms with E-state index < -0.39 is 11.9 Å². The maximum absolute atomic E-state index is 13.3. The minimum absolute atomic E-state index is 0.0902. The molecule has 0 radical (unpaired) electrons. The first-order valence-electron chi connectivity index (χ1n) is 10.4. The predicted octanol–water partition coefficient (Wildman–Crippen LogP) is 3.62. The first-order valence-corrected chi connectivity index (χ1v) is 12.3. The number of aromatic nitrogens is 2. The minimum atomic E-state index is -0.557. The lowest BCUT2D eigenvalue weighted by molar-refractivity contribution is -0.117. The fourth-order valence-corrected chi connectivity index (χ4v) is 4.80. The van der Waals surface area contributed by atoms with Crippen LogP contribution in [0.5, 0.6) is 5.75 Å². The van der Waals surface area contributed by atoms with Gasteiger partial charge in [0, 0.05) is 17.5 Å². The van der Waals surface area contributed by atoms with E-state index in [1.54, 1.807) is 67.0 Å². The van der Waals surface area contributed by atoms with Crippen LogP contribution in [0.2, 0.25) is 0 Å². The second-order valence-electron chi connectivity index (χ2n) is 7.18. The summed E-state index contributed by atoms with van der Waals surface area (Å²) in [5, 5.41) is 7.77. The summed E-state index contributed by atoms with van der Waals surface area (Å²) in [6.07, 6.45) is 0.696. The highest BCUT2D eigenvalue weighted by Gasteiger charge is 2.16. The molecule has 0 saturated heterocycles. The van der Waals surface area contributed by atoms with Crippen LogP contribution < -0.4 is 20.9 Å². The highest BCUT2D eigenvalue weighted by molar-refractivity contribution is 7.99. The summed E-state index contributed by atoms with van der Waals surface area (Å²) in [6.45, 7) is 0.425. The number of amides is 3. The van der Waals surface area contributed by atoms with Gasteiger partial charge in [-0.3, -0.25) is 19.5 Å². The summed E-state index contributed by atoms with van der Waals surface area (Å²) in [5.74, 6) is 0.0105. The lowest BCUT2D eigenvalue weighted by Crippen LogP contribution is -2.41. The molecule has 2 heterocycles. The number of urea groups is 1. The van der Waals surface area contributed by atoms with Crippen molar-refractivity contribution in [3.63, 3.8) is 0 Å². The lowest BCUT2D eigenvalue weighted by atomic mass is 10.2. The first-order chi connectivity index (χ1) is 16.5. The second kappa shape index (κ2) is 11.0. The quantitative estimate of drug-likeness (QED) is 0.287. The first kappa shape index (κ1) is 23.5. The Balaban J connectivity index is 1.49. The summed E-state index contributed by atoms with van der Waals surface area (Å²) in [7, 11) is 1.55. The second-order valence-corrected chi connectivity index (χ2v) is 9.15. The predicted molar refractivity (Wildman–Crippen MR) is 134 cm³/mol. The molecule has 174 valence electrons. The van der Waals surface area contributed by atoms with Crippen molar-refractivity contribution >= 4 is 45.9 Å². The molecule has 0 bridgehead atoms. The third kappa shape index (κ3) is 5.64. The maximum atomic E-state index is 13.3. The number of methoxy groups -OCH3 is 1. The van der Waals surface area contributed by atoms with E-state index in [1.807, 2.05) is 17.5 Å². The molecule has 4 rings (SSSR count). The number of hydrogen-bond donors (Lipinski definition) is 2. The Morgan fingerprint density at radius 3 is 2.76 bits per heavy atom. The van der Waals surface area contributed by atoms with Gasteiger partial charge in [0.25, 0.3) is 5.56 Å². The van der Waals surface area contributed by atoms with E-state index in [0.29, 0.717) is 40.5 Å². The van der Waals surface area contributed by atoms with Gasteiger partial charge >= 0.3 is 6.03 Å². The van der Waals surface area contributed by atoms with Gasteiger partial charge in [-0.25, -0.2) is 9.78 Å². The van der Waals surface area contributed by atoms with Gasteiger partial charge in [-0.2, -0.15) is 0 Å². The number of benzene rings is 2. The van der Waals surface area contributed by atoms with Gasteiger partial charge in [0.05, 0.1) is 29.5 Å². The molecule has 0 spiro atoms.